The Hall–Kier alpha value is -4.91. The van der Waals surface area contributed by atoms with E-state index in [1.165, 1.54) is 30.1 Å². The zero-order valence-corrected chi connectivity index (χ0v) is 30.5. The van der Waals surface area contributed by atoms with Gasteiger partial charge in [-0.25, -0.2) is 18.0 Å². The quantitative estimate of drug-likeness (QED) is 0.145. The summed E-state index contributed by atoms with van der Waals surface area (Å²) in [6.45, 7) is 10.3. The van der Waals surface area contributed by atoms with Crippen LogP contribution in [0.2, 0.25) is 0 Å². The van der Waals surface area contributed by atoms with Crippen molar-refractivity contribution in [3.8, 4) is 0 Å². The molecule has 12 nitrogen and oxygen atoms in total. The lowest BCUT2D eigenvalue weighted by molar-refractivity contribution is -0.138. The molecule has 0 fully saturated rings. The summed E-state index contributed by atoms with van der Waals surface area (Å²) in [5, 5.41) is 15.1. The number of carbonyl (C=O) groups excluding carboxylic acids is 3. The zero-order valence-electron chi connectivity index (χ0n) is 29.7. The van der Waals surface area contributed by atoms with Gasteiger partial charge in [-0.3, -0.25) is 9.59 Å². The molecule has 0 radical (unpaired) electrons. The third-order valence-corrected chi connectivity index (χ3v) is 10.1. The highest BCUT2D eigenvalue weighted by Gasteiger charge is 2.26. The topological polar surface area (TPSA) is 185 Å². The van der Waals surface area contributed by atoms with Gasteiger partial charge in [0.15, 0.2) is 15.9 Å². The first kappa shape index (κ1) is 39.5. The second-order valence-corrected chi connectivity index (χ2v) is 15.9. The maximum atomic E-state index is 13.1. The summed E-state index contributed by atoms with van der Waals surface area (Å²) in [6.07, 6.45) is 1.29. The fourth-order valence-corrected chi connectivity index (χ4v) is 6.50. The minimum atomic E-state index is -3.69. The van der Waals surface area contributed by atoms with Gasteiger partial charge in [-0.15, -0.1) is 0 Å². The van der Waals surface area contributed by atoms with Crippen molar-refractivity contribution in [3.63, 3.8) is 0 Å². The molecular formula is C37H48N4O8S. The van der Waals surface area contributed by atoms with Crippen molar-refractivity contribution in [2.24, 2.45) is 5.73 Å². The molecular weight excluding hydrogens is 660 g/mol. The first-order chi connectivity index (χ1) is 23.3. The third-order valence-electron chi connectivity index (χ3n) is 7.88. The van der Waals surface area contributed by atoms with Crippen LogP contribution in [0.1, 0.15) is 93.0 Å². The Morgan fingerprint density at radius 2 is 1.64 bits per heavy atom. The Morgan fingerprint density at radius 1 is 0.940 bits per heavy atom. The number of nitrogens with zero attached hydrogens (tertiary/aromatic N) is 1. The lowest BCUT2D eigenvalue weighted by atomic mass is 9.95. The fourth-order valence-electron chi connectivity index (χ4n) is 5.25. The highest BCUT2D eigenvalue weighted by Crippen LogP contribution is 2.27. The minimum Gasteiger partial charge on any atom is -0.479 e. The summed E-state index contributed by atoms with van der Waals surface area (Å²) in [6, 6.07) is 15.3. The third kappa shape index (κ3) is 10.8. The maximum Gasteiger partial charge on any atom is 0.410 e. The number of carbonyl (C=O) groups is 4. The van der Waals surface area contributed by atoms with Crippen LogP contribution in [-0.4, -0.2) is 60.2 Å². The second-order valence-electron chi connectivity index (χ2n) is 13.4. The molecule has 3 amide bonds. The fraction of sp³-hybridized carbons (Fsp3) is 0.405. The molecule has 1 atom stereocenters. The van der Waals surface area contributed by atoms with Gasteiger partial charge in [0.2, 0.25) is 11.8 Å². The highest BCUT2D eigenvalue weighted by atomic mass is 32.2. The van der Waals surface area contributed by atoms with Crippen molar-refractivity contribution in [2.75, 3.05) is 17.7 Å². The van der Waals surface area contributed by atoms with Crippen molar-refractivity contribution in [2.45, 2.75) is 95.6 Å². The molecule has 3 rings (SSSR count). The largest absolute Gasteiger partial charge is 0.479 e. The van der Waals surface area contributed by atoms with Gasteiger partial charge in [-0.05, 0) is 113 Å². The van der Waals surface area contributed by atoms with Gasteiger partial charge in [0.05, 0.1) is 16.7 Å². The number of hydrogen-bond acceptors (Lipinski definition) is 8. The standard InChI is InChI=1S/C37H48N4O8S/c1-8-24-19-26(33(35(44)45)40-29-13-9-12-27(20-29)34(38)43)16-15-25(24)11-10-14-32(42)39-30-17-18-31(50(47,48)23(2)3)28(21-30)22-41(7)36(46)49-37(4,5)6/h9,12-13,15-21,23,33,40H,8,10-11,14,22H2,1-7H3,(H2,38,43)(H,39,42)(H,44,45). The summed E-state index contributed by atoms with van der Waals surface area (Å²) in [4.78, 5) is 50.8. The van der Waals surface area contributed by atoms with Gasteiger partial charge in [-0.1, -0.05) is 31.2 Å². The SMILES string of the molecule is CCc1cc(C(Nc2cccc(C(N)=O)c2)C(=O)O)ccc1CCCC(=O)Nc1ccc(S(=O)(=O)C(C)C)c(CN(C)C(=O)OC(C)(C)C)c1. The number of rotatable bonds is 15. The number of aryl methyl sites for hydroxylation is 2. The first-order valence-corrected chi connectivity index (χ1v) is 18.0. The molecule has 0 aliphatic rings. The molecule has 3 aromatic carbocycles. The predicted molar refractivity (Wildman–Crippen MR) is 193 cm³/mol. The van der Waals surface area contributed by atoms with Gasteiger partial charge in [-0.2, -0.15) is 0 Å². The van der Waals surface area contributed by atoms with E-state index in [0.717, 1.165) is 11.1 Å². The molecule has 50 heavy (non-hydrogen) atoms. The molecule has 13 heteroatoms. The summed E-state index contributed by atoms with van der Waals surface area (Å²) < 4.78 is 31.7. The van der Waals surface area contributed by atoms with Crippen LogP contribution in [0.4, 0.5) is 16.2 Å². The van der Waals surface area contributed by atoms with Crippen molar-refractivity contribution in [1.29, 1.82) is 0 Å². The van der Waals surface area contributed by atoms with Crippen LogP contribution in [0.15, 0.2) is 65.6 Å². The van der Waals surface area contributed by atoms with E-state index < -0.39 is 44.7 Å². The number of carboxylic acids is 1. The molecule has 0 spiro atoms. The predicted octanol–water partition coefficient (Wildman–Crippen LogP) is 6.10. The molecule has 5 N–H and O–H groups in total. The van der Waals surface area contributed by atoms with Crippen LogP contribution in [-0.2, 0) is 43.5 Å². The number of carboxylic acid groups (broad SMARTS) is 1. The summed E-state index contributed by atoms with van der Waals surface area (Å²) in [5.41, 5.74) is 8.57. The number of aliphatic carboxylic acids is 1. The number of amides is 3. The molecule has 0 heterocycles. The van der Waals surface area contributed by atoms with Crippen molar-refractivity contribution in [1.82, 2.24) is 4.90 Å². The normalized spacial score (nSPS) is 12.2. The number of nitrogens with one attached hydrogen (secondary N) is 2. The molecule has 0 saturated heterocycles. The van der Waals surface area contributed by atoms with E-state index in [1.54, 1.807) is 65.0 Å². The van der Waals surface area contributed by atoms with E-state index in [1.807, 2.05) is 19.1 Å². The number of anilines is 2. The van der Waals surface area contributed by atoms with E-state index in [2.05, 4.69) is 10.6 Å². The second kappa shape index (κ2) is 16.7. The number of nitrogens with two attached hydrogens (primary N) is 1. The lowest BCUT2D eigenvalue weighted by Crippen LogP contribution is -2.34. The Balaban J connectivity index is 1.72. The van der Waals surface area contributed by atoms with Crippen molar-refractivity contribution >= 4 is 45.1 Å². The molecule has 0 aliphatic heterocycles. The van der Waals surface area contributed by atoms with E-state index in [4.69, 9.17) is 10.5 Å². The van der Waals surface area contributed by atoms with Crippen LogP contribution in [0.5, 0.6) is 0 Å². The Bertz CT molecular complexity index is 1830. The summed E-state index contributed by atoms with van der Waals surface area (Å²) >= 11 is 0. The number of ether oxygens (including phenoxy) is 1. The average Bonchev–Trinajstić information content (AvgIpc) is 3.02. The van der Waals surface area contributed by atoms with Gasteiger partial charge in [0.1, 0.15) is 5.60 Å². The van der Waals surface area contributed by atoms with Crippen LogP contribution >= 0.6 is 0 Å². The molecule has 0 saturated carbocycles. The van der Waals surface area contributed by atoms with Crippen LogP contribution < -0.4 is 16.4 Å². The number of sulfone groups is 1. The Labute approximate surface area is 294 Å². The minimum absolute atomic E-state index is 0.0479. The number of hydrogen-bond donors (Lipinski definition) is 4. The van der Waals surface area contributed by atoms with Gasteiger partial charge in [0.25, 0.3) is 0 Å². The van der Waals surface area contributed by atoms with Crippen LogP contribution in [0, 0.1) is 0 Å². The lowest BCUT2D eigenvalue weighted by Gasteiger charge is -2.25. The Kier molecular flexibility index (Phi) is 13.2. The number of primary amides is 1. The van der Waals surface area contributed by atoms with Crippen molar-refractivity contribution < 1.29 is 37.4 Å². The molecule has 0 bridgehead atoms. The molecule has 3 aromatic rings. The Morgan fingerprint density at radius 3 is 2.24 bits per heavy atom. The molecule has 1 unspecified atom stereocenters. The average molecular weight is 709 g/mol. The molecule has 0 aromatic heterocycles. The summed E-state index contributed by atoms with van der Waals surface area (Å²) in [5.74, 6) is -1.97. The van der Waals surface area contributed by atoms with E-state index in [9.17, 15) is 32.7 Å². The van der Waals surface area contributed by atoms with Crippen LogP contribution in [0.3, 0.4) is 0 Å². The zero-order chi connectivity index (χ0) is 37.4. The van der Waals surface area contributed by atoms with E-state index in [0.29, 0.717) is 41.8 Å². The van der Waals surface area contributed by atoms with E-state index in [-0.39, 0.29) is 29.3 Å². The van der Waals surface area contributed by atoms with Gasteiger partial charge >= 0.3 is 12.1 Å². The molecule has 0 aliphatic carbocycles. The van der Waals surface area contributed by atoms with Gasteiger partial charge in [0, 0.05) is 30.4 Å². The maximum absolute atomic E-state index is 13.1. The van der Waals surface area contributed by atoms with Gasteiger partial charge < -0.3 is 31.1 Å². The monoisotopic (exact) mass is 708 g/mol. The summed E-state index contributed by atoms with van der Waals surface area (Å²) in [7, 11) is -2.17. The smallest absolute Gasteiger partial charge is 0.410 e. The van der Waals surface area contributed by atoms with E-state index >= 15 is 0 Å². The first-order valence-electron chi connectivity index (χ1n) is 16.4. The number of benzene rings is 3. The molecule has 270 valence electrons. The highest BCUT2D eigenvalue weighted by molar-refractivity contribution is 7.92. The van der Waals surface area contributed by atoms with Crippen LogP contribution in [0.25, 0.3) is 0 Å². The van der Waals surface area contributed by atoms with Crippen molar-refractivity contribution in [3.05, 3.63) is 88.5 Å².